The van der Waals surface area contributed by atoms with E-state index in [-0.39, 0.29) is 11.8 Å². The van der Waals surface area contributed by atoms with Gasteiger partial charge in [0, 0.05) is 35.4 Å². The highest BCUT2D eigenvalue weighted by molar-refractivity contribution is 6.31. The summed E-state index contributed by atoms with van der Waals surface area (Å²) in [6.07, 6.45) is 0.877. The highest BCUT2D eigenvalue weighted by atomic mass is 35.5. The minimum atomic E-state index is 0.102. The Labute approximate surface area is 183 Å². The van der Waals surface area contributed by atoms with Gasteiger partial charge in [0.25, 0.3) is 0 Å². The Kier molecular flexibility index (Phi) is 5.83. The SMILES string of the molecule is CC(C)c1ccccc1CC1CN(C)c2ccc(Cl)cc2C(c2ccc(O)cc2)=N1. The van der Waals surface area contributed by atoms with Gasteiger partial charge in [-0.15, -0.1) is 0 Å². The third-order valence-corrected chi connectivity index (χ3v) is 5.93. The molecule has 0 bridgehead atoms. The lowest BCUT2D eigenvalue weighted by Crippen LogP contribution is -2.28. The van der Waals surface area contributed by atoms with Gasteiger partial charge in [-0.3, -0.25) is 4.99 Å². The average Bonchev–Trinajstić information content (AvgIpc) is 2.85. The number of nitrogens with zero attached hydrogens (tertiary/aromatic N) is 2. The number of hydrogen-bond acceptors (Lipinski definition) is 3. The van der Waals surface area contributed by atoms with Crippen LogP contribution in [0, 0.1) is 0 Å². The van der Waals surface area contributed by atoms with Crippen molar-refractivity contribution in [2.24, 2.45) is 4.99 Å². The zero-order valence-corrected chi connectivity index (χ0v) is 18.4. The molecule has 0 saturated heterocycles. The average molecular weight is 419 g/mol. The molecule has 1 aliphatic heterocycles. The van der Waals surface area contributed by atoms with Gasteiger partial charge >= 0.3 is 0 Å². The van der Waals surface area contributed by atoms with Crippen LogP contribution in [-0.2, 0) is 6.42 Å². The van der Waals surface area contributed by atoms with Gasteiger partial charge in [-0.05, 0) is 65.9 Å². The molecule has 0 radical (unpaired) electrons. The van der Waals surface area contributed by atoms with E-state index in [1.807, 2.05) is 24.3 Å². The van der Waals surface area contributed by atoms with E-state index in [0.717, 1.165) is 35.5 Å². The lowest BCUT2D eigenvalue weighted by molar-refractivity contribution is 0.475. The van der Waals surface area contributed by atoms with Gasteiger partial charge in [0.1, 0.15) is 5.75 Å². The molecule has 0 aliphatic carbocycles. The van der Waals surface area contributed by atoms with E-state index in [2.05, 4.69) is 56.1 Å². The summed E-state index contributed by atoms with van der Waals surface area (Å²) in [6.45, 7) is 5.30. The van der Waals surface area contributed by atoms with Crippen molar-refractivity contribution in [3.05, 3.63) is 94.0 Å². The first kappa shape index (κ1) is 20.5. The molecule has 4 rings (SSSR count). The molecule has 3 aromatic carbocycles. The van der Waals surface area contributed by atoms with Gasteiger partial charge in [-0.2, -0.15) is 0 Å². The molecular formula is C26H27ClN2O. The van der Waals surface area contributed by atoms with Crippen molar-refractivity contribution < 1.29 is 5.11 Å². The van der Waals surface area contributed by atoms with Gasteiger partial charge in [0.15, 0.2) is 0 Å². The number of benzodiazepines with no additional fused rings is 1. The number of benzene rings is 3. The first-order chi connectivity index (χ1) is 14.4. The largest absolute Gasteiger partial charge is 0.508 e. The van der Waals surface area contributed by atoms with Gasteiger partial charge in [0.05, 0.1) is 11.8 Å². The van der Waals surface area contributed by atoms with Crippen LogP contribution in [0.15, 0.2) is 71.7 Å². The quantitative estimate of drug-likeness (QED) is 0.558. The van der Waals surface area contributed by atoms with Crippen LogP contribution in [-0.4, -0.2) is 30.5 Å². The van der Waals surface area contributed by atoms with Crippen molar-refractivity contribution in [1.82, 2.24) is 0 Å². The molecule has 3 aromatic rings. The molecule has 30 heavy (non-hydrogen) atoms. The first-order valence-electron chi connectivity index (χ1n) is 10.4. The summed E-state index contributed by atoms with van der Waals surface area (Å²) >= 11 is 6.36. The van der Waals surface area contributed by atoms with Gasteiger partial charge in [0.2, 0.25) is 0 Å². The number of anilines is 1. The van der Waals surface area contributed by atoms with Crippen LogP contribution < -0.4 is 4.90 Å². The van der Waals surface area contributed by atoms with Crippen molar-refractivity contribution in [1.29, 1.82) is 0 Å². The fourth-order valence-corrected chi connectivity index (χ4v) is 4.41. The highest BCUT2D eigenvalue weighted by Crippen LogP contribution is 2.31. The molecule has 0 fully saturated rings. The Morgan fingerprint density at radius 1 is 1.07 bits per heavy atom. The summed E-state index contributed by atoms with van der Waals surface area (Å²) < 4.78 is 0. The van der Waals surface area contributed by atoms with Crippen molar-refractivity contribution in [2.75, 3.05) is 18.5 Å². The molecule has 154 valence electrons. The zero-order valence-electron chi connectivity index (χ0n) is 17.6. The number of hydrogen-bond donors (Lipinski definition) is 1. The van der Waals surface area contributed by atoms with Gasteiger partial charge in [-0.25, -0.2) is 0 Å². The van der Waals surface area contributed by atoms with E-state index in [1.165, 1.54) is 11.1 Å². The highest BCUT2D eigenvalue weighted by Gasteiger charge is 2.24. The minimum absolute atomic E-state index is 0.102. The normalized spacial score (nSPS) is 16.2. The number of aromatic hydroxyl groups is 1. The molecule has 0 aromatic heterocycles. The minimum Gasteiger partial charge on any atom is -0.508 e. The smallest absolute Gasteiger partial charge is 0.115 e. The summed E-state index contributed by atoms with van der Waals surface area (Å²) in [5, 5.41) is 10.4. The van der Waals surface area contributed by atoms with E-state index >= 15 is 0 Å². The van der Waals surface area contributed by atoms with Crippen molar-refractivity contribution in [3.8, 4) is 5.75 Å². The molecule has 1 unspecified atom stereocenters. The molecule has 3 nitrogen and oxygen atoms in total. The second kappa shape index (κ2) is 8.53. The molecule has 1 aliphatic rings. The standard InChI is InChI=1S/C26H27ClN2O/c1-17(2)23-7-5-4-6-19(23)14-21-16-29(3)25-13-10-20(27)15-24(25)26(28-21)18-8-11-22(30)12-9-18/h4-13,15,17,21,30H,14,16H2,1-3H3. The molecule has 1 atom stereocenters. The Hall–Kier alpha value is -2.78. The van der Waals surface area contributed by atoms with Gasteiger partial charge < -0.3 is 10.0 Å². The van der Waals surface area contributed by atoms with E-state index < -0.39 is 0 Å². The second-order valence-corrected chi connectivity index (χ2v) is 8.71. The van der Waals surface area contributed by atoms with Crippen LogP contribution in [0.25, 0.3) is 0 Å². The van der Waals surface area contributed by atoms with Crippen LogP contribution in [0.1, 0.15) is 42.0 Å². The number of phenols is 1. The van der Waals surface area contributed by atoms with Crippen LogP contribution in [0.4, 0.5) is 5.69 Å². The van der Waals surface area contributed by atoms with Crippen molar-refractivity contribution in [2.45, 2.75) is 32.2 Å². The molecule has 0 amide bonds. The molecule has 0 saturated carbocycles. The Morgan fingerprint density at radius 2 is 1.80 bits per heavy atom. The predicted molar refractivity (Wildman–Crippen MR) is 126 cm³/mol. The molecule has 1 N–H and O–H groups in total. The third-order valence-electron chi connectivity index (χ3n) is 5.69. The summed E-state index contributed by atoms with van der Waals surface area (Å²) in [6, 6.07) is 22.0. The lowest BCUT2D eigenvalue weighted by atomic mass is 9.93. The summed E-state index contributed by atoms with van der Waals surface area (Å²) in [5.74, 6) is 0.722. The van der Waals surface area contributed by atoms with Gasteiger partial charge in [-0.1, -0.05) is 49.7 Å². The van der Waals surface area contributed by atoms with E-state index in [9.17, 15) is 5.11 Å². The van der Waals surface area contributed by atoms with Crippen LogP contribution in [0.5, 0.6) is 5.75 Å². The second-order valence-electron chi connectivity index (χ2n) is 8.28. The fourth-order valence-electron chi connectivity index (χ4n) is 4.23. The molecular weight excluding hydrogens is 392 g/mol. The number of halogens is 1. The number of aliphatic imine (C=N–C) groups is 1. The lowest BCUT2D eigenvalue weighted by Gasteiger charge is -2.23. The maximum atomic E-state index is 9.75. The Morgan fingerprint density at radius 3 is 2.53 bits per heavy atom. The maximum Gasteiger partial charge on any atom is 0.115 e. The fraction of sp³-hybridized carbons (Fsp3) is 0.269. The first-order valence-corrected chi connectivity index (χ1v) is 10.8. The van der Waals surface area contributed by atoms with Crippen LogP contribution in [0.3, 0.4) is 0 Å². The number of rotatable bonds is 4. The van der Waals surface area contributed by atoms with E-state index in [4.69, 9.17) is 16.6 Å². The monoisotopic (exact) mass is 418 g/mol. The zero-order chi connectivity index (χ0) is 21.3. The van der Waals surface area contributed by atoms with Crippen LogP contribution in [0.2, 0.25) is 5.02 Å². The number of phenolic OH excluding ortho intramolecular Hbond substituents is 1. The number of likely N-dealkylation sites (N-methyl/N-ethyl adjacent to an activating group) is 1. The van der Waals surface area contributed by atoms with E-state index in [1.54, 1.807) is 12.1 Å². The summed E-state index contributed by atoms with van der Waals surface area (Å²) in [4.78, 5) is 7.51. The van der Waals surface area contributed by atoms with Crippen molar-refractivity contribution in [3.63, 3.8) is 0 Å². The predicted octanol–water partition coefficient (Wildman–Crippen LogP) is 6.07. The van der Waals surface area contributed by atoms with E-state index in [0.29, 0.717) is 10.9 Å². The molecule has 4 heteroatoms. The van der Waals surface area contributed by atoms with Crippen LogP contribution >= 0.6 is 11.6 Å². The Balaban J connectivity index is 1.81. The maximum absolute atomic E-state index is 9.75. The molecule has 0 spiro atoms. The number of fused-ring (bicyclic) bond motifs is 1. The van der Waals surface area contributed by atoms with Crippen molar-refractivity contribution >= 4 is 23.0 Å². The third kappa shape index (κ3) is 4.22. The molecule has 1 heterocycles. The summed E-state index contributed by atoms with van der Waals surface area (Å²) in [5.41, 5.74) is 6.77. The topological polar surface area (TPSA) is 35.8 Å². The Bertz CT molecular complexity index is 1070. The summed E-state index contributed by atoms with van der Waals surface area (Å²) in [7, 11) is 2.11.